The van der Waals surface area contributed by atoms with Crippen LogP contribution in [0.2, 0.25) is 0 Å². The smallest absolute Gasteiger partial charge is 0.433 e. The minimum atomic E-state index is -4.44. The molecule has 0 aromatic carbocycles. The van der Waals surface area contributed by atoms with E-state index in [0.717, 1.165) is 25.7 Å². The SMILES string of the molecule is CCc1cc(C(=O)OC)cc(C(=O)NC2CCC(NC3CC=CC4=NC(C(F)(F)F)=C[C@H]43)CC2)n1. The summed E-state index contributed by atoms with van der Waals surface area (Å²) in [7, 11) is 1.29. The summed E-state index contributed by atoms with van der Waals surface area (Å²) < 4.78 is 44.1. The van der Waals surface area contributed by atoms with Crippen molar-refractivity contribution in [3.05, 3.63) is 53.0 Å². The van der Waals surface area contributed by atoms with Gasteiger partial charge in [0.2, 0.25) is 0 Å². The lowest BCUT2D eigenvalue weighted by molar-refractivity contribution is -0.0922. The van der Waals surface area contributed by atoms with Gasteiger partial charge in [0.15, 0.2) is 0 Å². The van der Waals surface area contributed by atoms with Crippen molar-refractivity contribution < 1.29 is 27.5 Å². The van der Waals surface area contributed by atoms with Gasteiger partial charge in [-0.05, 0) is 62.8 Å². The van der Waals surface area contributed by atoms with E-state index in [1.165, 1.54) is 19.3 Å². The fourth-order valence-corrected chi connectivity index (χ4v) is 4.88. The third-order valence-corrected chi connectivity index (χ3v) is 6.74. The van der Waals surface area contributed by atoms with Gasteiger partial charge in [-0.25, -0.2) is 14.8 Å². The number of allylic oxidation sites excluding steroid dienone is 2. The molecule has 1 fully saturated rings. The van der Waals surface area contributed by atoms with E-state index in [1.54, 1.807) is 12.1 Å². The fourth-order valence-electron chi connectivity index (χ4n) is 4.88. The van der Waals surface area contributed by atoms with Crippen LogP contribution in [0.3, 0.4) is 0 Å². The Hall–Kier alpha value is -3.01. The highest BCUT2D eigenvalue weighted by atomic mass is 19.4. The van der Waals surface area contributed by atoms with Crippen LogP contribution in [-0.2, 0) is 11.2 Å². The Balaban J connectivity index is 1.32. The standard InChI is InChI=1S/C25H29F3N4O3/c1-3-15-11-14(24(34)35-2)12-21(29-15)23(33)31-17-9-7-16(8-10-17)30-19-5-4-6-20-18(19)13-22(32-20)25(26,27)28/h4,6,11-13,16-19,30H,3,5,7-10H2,1-2H3,(H,31,33)/t16?,17?,18-,19?/m0/s1. The van der Waals surface area contributed by atoms with Gasteiger partial charge in [-0.2, -0.15) is 13.2 Å². The van der Waals surface area contributed by atoms with Crippen LogP contribution in [-0.4, -0.2) is 54.0 Å². The lowest BCUT2D eigenvalue weighted by Gasteiger charge is -2.35. The molecule has 1 aromatic rings. The molecule has 1 aromatic heterocycles. The maximum atomic E-state index is 13.1. The normalized spacial score (nSPS) is 26.0. The number of aliphatic imine (C=N–C) groups is 1. The Morgan fingerprint density at radius 3 is 2.51 bits per heavy atom. The molecule has 2 aliphatic carbocycles. The minimum absolute atomic E-state index is 0.0409. The van der Waals surface area contributed by atoms with E-state index < -0.39 is 17.8 Å². The Bertz CT molecular complexity index is 1070. The second kappa shape index (κ2) is 10.3. The van der Waals surface area contributed by atoms with Crippen LogP contribution in [0.1, 0.15) is 65.6 Å². The molecule has 1 aliphatic heterocycles. The van der Waals surface area contributed by atoms with Crippen molar-refractivity contribution in [2.24, 2.45) is 10.9 Å². The van der Waals surface area contributed by atoms with Crippen LogP contribution < -0.4 is 10.6 Å². The van der Waals surface area contributed by atoms with Crippen molar-refractivity contribution in [1.82, 2.24) is 15.6 Å². The number of esters is 1. The van der Waals surface area contributed by atoms with Gasteiger partial charge < -0.3 is 15.4 Å². The summed E-state index contributed by atoms with van der Waals surface area (Å²) in [6, 6.07) is 3.03. The summed E-state index contributed by atoms with van der Waals surface area (Å²) >= 11 is 0. The number of aryl methyl sites for hydroxylation is 1. The molecule has 2 atom stereocenters. The fraction of sp³-hybridized carbons (Fsp3) is 0.520. The van der Waals surface area contributed by atoms with E-state index in [9.17, 15) is 22.8 Å². The molecular weight excluding hydrogens is 461 g/mol. The molecule has 188 valence electrons. The van der Waals surface area contributed by atoms with E-state index in [1.807, 2.05) is 13.0 Å². The summed E-state index contributed by atoms with van der Waals surface area (Å²) in [6.45, 7) is 1.89. The molecule has 1 unspecified atom stereocenters. The van der Waals surface area contributed by atoms with E-state index in [4.69, 9.17) is 4.74 Å². The van der Waals surface area contributed by atoms with Crippen molar-refractivity contribution in [3.63, 3.8) is 0 Å². The predicted molar refractivity (Wildman–Crippen MR) is 124 cm³/mol. The molecule has 4 rings (SSSR count). The first kappa shape index (κ1) is 25.1. The number of hydrogen-bond acceptors (Lipinski definition) is 6. The maximum Gasteiger partial charge on any atom is 0.433 e. The van der Waals surface area contributed by atoms with Gasteiger partial charge in [0.25, 0.3) is 5.91 Å². The number of hydrogen-bond donors (Lipinski definition) is 2. The van der Waals surface area contributed by atoms with Crippen LogP contribution in [0.25, 0.3) is 0 Å². The number of halogens is 3. The van der Waals surface area contributed by atoms with E-state index >= 15 is 0 Å². The number of alkyl halides is 3. The lowest BCUT2D eigenvalue weighted by Crippen LogP contribution is -2.48. The number of pyridine rings is 1. The Morgan fingerprint density at radius 2 is 1.86 bits per heavy atom. The molecular formula is C25H29F3N4O3. The number of ether oxygens (including phenoxy) is 1. The van der Waals surface area contributed by atoms with Crippen LogP contribution in [0, 0.1) is 5.92 Å². The second-order valence-corrected chi connectivity index (χ2v) is 9.12. The Kier molecular flexibility index (Phi) is 7.39. The third kappa shape index (κ3) is 5.80. The molecule has 0 saturated heterocycles. The summed E-state index contributed by atoms with van der Waals surface area (Å²) in [5.74, 6) is -1.24. The summed E-state index contributed by atoms with van der Waals surface area (Å²) in [4.78, 5) is 32.9. The molecule has 0 radical (unpaired) electrons. The van der Waals surface area contributed by atoms with Crippen molar-refractivity contribution in [3.8, 4) is 0 Å². The van der Waals surface area contributed by atoms with Crippen LogP contribution in [0.15, 0.2) is 41.1 Å². The zero-order chi connectivity index (χ0) is 25.2. The average Bonchev–Trinajstić information content (AvgIpc) is 3.30. The molecule has 1 amide bonds. The average molecular weight is 491 g/mol. The van der Waals surface area contributed by atoms with E-state index in [2.05, 4.69) is 20.6 Å². The summed E-state index contributed by atoms with van der Waals surface area (Å²) in [5, 5.41) is 6.54. The molecule has 2 heterocycles. The zero-order valence-corrected chi connectivity index (χ0v) is 19.7. The topological polar surface area (TPSA) is 92.7 Å². The number of carbonyl (C=O) groups is 2. The first-order chi connectivity index (χ1) is 16.7. The number of methoxy groups -OCH3 is 1. The van der Waals surface area contributed by atoms with Gasteiger partial charge in [0, 0.05) is 35.4 Å². The molecule has 2 N–H and O–H groups in total. The van der Waals surface area contributed by atoms with Gasteiger partial charge in [0.05, 0.1) is 12.7 Å². The van der Waals surface area contributed by atoms with Gasteiger partial charge in [-0.3, -0.25) is 4.79 Å². The maximum absolute atomic E-state index is 13.1. The van der Waals surface area contributed by atoms with Crippen molar-refractivity contribution in [2.75, 3.05) is 7.11 Å². The third-order valence-electron chi connectivity index (χ3n) is 6.74. The first-order valence-corrected chi connectivity index (χ1v) is 11.9. The molecule has 10 heteroatoms. The highest BCUT2D eigenvalue weighted by Gasteiger charge is 2.41. The lowest BCUT2D eigenvalue weighted by atomic mass is 9.85. The molecule has 0 bridgehead atoms. The largest absolute Gasteiger partial charge is 0.465 e. The van der Waals surface area contributed by atoms with Gasteiger partial charge >= 0.3 is 12.1 Å². The second-order valence-electron chi connectivity index (χ2n) is 9.12. The van der Waals surface area contributed by atoms with Crippen LogP contribution in [0.4, 0.5) is 13.2 Å². The predicted octanol–water partition coefficient (Wildman–Crippen LogP) is 3.91. The number of fused-ring (bicyclic) bond motifs is 1. The molecule has 35 heavy (non-hydrogen) atoms. The van der Waals surface area contributed by atoms with E-state index in [-0.39, 0.29) is 41.2 Å². The van der Waals surface area contributed by atoms with Crippen molar-refractivity contribution in [1.29, 1.82) is 0 Å². The number of aromatic nitrogens is 1. The monoisotopic (exact) mass is 490 g/mol. The quantitative estimate of drug-likeness (QED) is 0.590. The first-order valence-electron chi connectivity index (χ1n) is 11.9. The van der Waals surface area contributed by atoms with Gasteiger partial charge in [-0.15, -0.1) is 0 Å². The van der Waals surface area contributed by atoms with Crippen molar-refractivity contribution >= 4 is 17.6 Å². The van der Waals surface area contributed by atoms with E-state index in [0.29, 0.717) is 24.2 Å². The van der Waals surface area contributed by atoms with Gasteiger partial charge in [-0.1, -0.05) is 13.0 Å². The highest BCUT2D eigenvalue weighted by Crippen LogP contribution is 2.36. The van der Waals surface area contributed by atoms with Gasteiger partial charge in [0.1, 0.15) is 11.4 Å². The number of amides is 1. The number of nitrogens with zero attached hydrogens (tertiary/aromatic N) is 2. The molecule has 1 saturated carbocycles. The van der Waals surface area contributed by atoms with Crippen molar-refractivity contribution in [2.45, 2.75) is 69.8 Å². The number of carbonyl (C=O) groups excluding carboxylic acids is 2. The molecule has 0 spiro atoms. The highest BCUT2D eigenvalue weighted by molar-refractivity contribution is 6.02. The number of rotatable bonds is 6. The molecule has 7 nitrogen and oxygen atoms in total. The Labute approximate surface area is 201 Å². The summed E-state index contributed by atoms with van der Waals surface area (Å²) in [5.41, 5.74) is 0.731. The van der Waals surface area contributed by atoms with Crippen LogP contribution >= 0.6 is 0 Å². The number of nitrogens with one attached hydrogen (secondary N) is 2. The summed E-state index contributed by atoms with van der Waals surface area (Å²) in [6.07, 6.45) is 4.59. The minimum Gasteiger partial charge on any atom is -0.465 e. The molecule has 3 aliphatic rings. The Morgan fingerprint density at radius 1 is 1.14 bits per heavy atom. The van der Waals surface area contributed by atoms with Crippen LogP contribution in [0.5, 0.6) is 0 Å². The zero-order valence-electron chi connectivity index (χ0n) is 19.7.